The monoisotopic (exact) mass is 231 g/mol. The van der Waals surface area contributed by atoms with Crippen LogP contribution < -0.4 is 5.32 Å². The Bertz CT molecular complexity index is 158. The lowest BCUT2D eigenvalue weighted by atomic mass is 9.93. The molecule has 16 heavy (non-hydrogen) atoms. The van der Waals surface area contributed by atoms with E-state index < -0.39 is 5.60 Å². The molecule has 0 aromatic heterocycles. The van der Waals surface area contributed by atoms with Crippen LogP contribution in [0.3, 0.4) is 0 Å². The summed E-state index contributed by atoms with van der Waals surface area (Å²) in [5.74, 6) is 0.732. The number of rotatable bonds is 10. The van der Waals surface area contributed by atoms with Gasteiger partial charge in [-0.15, -0.1) is 0 Å². The van der Waals surface area contributed by atoms with E-state index in [9.17, 15) is 5.11 Å². The van der Waals surface area contributed by atoms with E-state index in [1.165, 1.54) is 6.42 Å². The third-order valence-corrected chi connectivity index (χ3v) is 2.82. The van der Waals surface area contributed by atoms with Gasteiger partial charge in [-0.05, 0) is 32.2 Å². The van der Waals surface area contributed by atoms with Gasteiger partial charge in [0.1, 0.15) is 0 Å². The van der Waals surface area contributed by atoms with Crippen molar-refractivity contribution in [1.82, 2.24) is 5.32 Å². The van der Waals surface area contributed by atoms with E-state index in [0.29, 0.717) is 0 Å². The molecule has 0 radical (unpaired) electrons. The molecular weight excluding hydrogens is 202 g/mol. The van der Waals surface area contributed by atoms with Gasteiger partial charge in [-0.25, -0.2) is 0 Å². The molecule has 0 aromatic rings. The van der Waals surface area contributed by atoms with Gasteiger partial charge in [0, 0.05) is 13.7 Å². The number of aliphatic hydroxyl groups is 1. The molecular formula is C13H29NO2. The van der Waals surface area contributed by atoms with Gasteiger partial charge in [0.05, 0.1) is 12.2 Å². The van der Waals surface area contributed by atoms with Crippen LogP contribution in [0.2, 0.25) is 0 Å². The molecule has 0 heterocycles. The fourth-order valence-corrected chi connectivity index (χ4v) is 1.67. The summed E-state index contributed by atoms with van der Waals surface area (Å²) in [6.45, 7) is 8.83. The van der Waals surface area contributed by atoms with Crippen LogP contribution in [0.1, 0.15) is 46.5 Å². The fraction of sp³-hybridized carbons (Fsp3) is 1.00. The highest BCUT2D eigenvalue weighted by Crippen LogP contribution is 2.19. The molecule has 0 saturated heterocycles. The number of hydrogen-bond donors (Lipinski definition) is 2. The first-order valence-electron chi connectivity index (χ1n) is 6.40. The van der Waals surface area contributed by atoms with Gasteiger partial charge in [0.2, 0.25) is 0 Å². The maximum Gasteiger partial charge on any atom is 0.0631 e. The van der Waals surface area contributed by atoms with Crippen molar-refractivity contribution in [2.24, 2.45) is 5.92 Å². The molecule has 0 aliphatic carbocycles. The average molecular weight is 231 g/mol. The Hall–Kier alpha value is -0.120. The third-order valence-electron chi connectivity index (χ3n) is 2.82. The van der Waals surface area contributed by atoms with Crippen LogP contribution in [0.5, 0.6) is 0 Å². The van der Waals surface area contributed by atoms with E-state index in [-0.39, 0.29) is 0 Å². The lowest BCUT2D eigenvalue weighted by molar-refractivity contribution is 0.0385. The van der Waals surface area contributed by atoms with Gasteiger partial charge in [-0.3, -0.25) is 0 Å². The van der Waals surface area contributed by atoms with Gasteiger partial charge in [-0.1, -0.05) is 26.7 Å². The second-order valence-corrected chi connectivity index (χ2v) is 5.28. The molecule has 0 bridgehead atoms. The zero-order valence-electron chi connectivity index (χ0n) is 11.4. The number of hydrogen-bond acceptors (Lipinski definition) is 3. The topological polar surface area (TPSA) is 41.5 Å². The summed E-state index contributed by atoms with van der Waals surface area (Å²) in [6.07, 6.45) is 4.03. The average Bonchev–Trinajstić information content (AvgIpc) is 2.16. The Kier molecular flexibility index (Phi) is 8.90. The number of methoxy groups -OCH3 is 1. The van der Waals surface area contributed by atoms with Crippen molar-refractivity contribution >= 4 is 0 Å². The van der Waals surface area contributed by atoms with Crippen LogP contribution in [0.25, 0.3) is 0 Å². The maximum atomic E-state index is 10.1. The molecule has 2 N–H and O–H groups in total. The van der Waals surface area contributed by atoms with E-state index in [4.69, 9.17) is 4.74 Å². The zero-order chi connectivity index (χ0) is 12.4. The first-order valence-corrected chi connectivity index (χ1v) is 6.40. The third kappa shape index (κ3) is 10.4. The van der Waals surface area contributed by atoms with Crippen LogP contribution in [0, 0.1) is 5.92 Å². The summed E-state index contributed by atoms with van der Waals surface area (Å²) in [5, 5.41) is 13.4. The molecule has 0 saturated carbocycles. The van der Waals surface area contributed by atoms with E-state index >= 15 is 0 Å². The Morgan fingerprint density at radius 2 is 1.94 bits per heavy atom. The fourth-order valence-electron chi connectivity index (χ4n) is 1.67. The van der Waals surface area contributed by atoms with Crippen LogP contribution in [0.15, 0.2) is 0 Å². The van der Waals surface area contributed by atoms with E-state index in [0.717, 1.165) is 44.9 Å². The van der Waals surface area contributed by atoms with Crippen LogP contribution in [-0.2, 0) is 4.74 Å². The van der Waals surface area contributed by atoms with E-state index in [1.807, 2.05) is 6.92 Å². The van der Waals surface area contributed by atoms with Gasteiger partial charge in [0.25, 0.3) is 0 Å². The van der Waals surface area contributed by atoms with Gasteiger partial charge in [0.15, 0.2) is 0 Å². The minimum Gasteiger partial charge on any atom is -0.390 e. The Labute approximate surface area is 101 Å². The molecule has 0 aromatic carbocycles. The van der Waals surface area contributed by atoms with Crippen LogP contribution >= 0.6 is 0 Å². The molecule has 0 fully saturated rings. The van der Waals surface area contributed by atoms with E-state index in [1.54, 1.807) is 7.11 Å². The normalized spacial score (nSPS) is 15.4. The highest BCUT2D eigenvalue weighted by Gasteiger charge is 2.18. The van der Waals surface area contributed by atoms with Crippen LogP contribution in [-0.4, -0.2) is 37.5 Å². The standard InChI is InChI=1S/C13H29NO2/c1-12(2)6-5-7-13(3,15)8-9-14-10-11-16-4/h12,14-15H,5-11H2,1-4H3. The van der Waals surface area contributed by atoms with Crippen molar-refractivity contribution in [2.75, 3.05) is 26.8 Å². The quantitative estimate of drug-likeness (QED) is 0.566. The summed E-state index contributed by atoms with van der Waals surface area (Å²) in [4.78, 5) is 0. The molecule has 3 heteroatoms. The number of nitrogens with one attached hydrogen (secondary N) is 1. The molecule has 0 spiro atoms. The minimum atomic E-state index is -0.519. The zero-order valence-corrected chi connectivity index (χ0v) is 11.4. The summed E-state index contributed by atoms with van der Waals surface area (Å²) in [5.41, 5.74) is -0.519. The largest absolute Gasteiger partial charge is 0.390 e. The smallest absolute Gasteiger partial charge is 0.0631 e. The maximum absolute atomic E-state index is 10.1. The molecule has 1 unspecified atom stereocenters. The van der Waals surface area contributed by atoms with Gasteiger partial charge >= 0.3 is 0 Å². The van der Waals surface area contributed by atoms with Crippen LogP contribution in [0.4, 0.5) is 0 Å². The second kappa shape index (κ2) is 8.97. The SMILES string of the molecule is COCCNCCC(C)(O)CCCC(C)C. The summed E-state index contributed by atoms with van der Waals surface area (Å²) in [7, 11) is 1.70. The molecule has 0 aliphatic rings. The van der Waals surface area contributed by atoms with Crippen molar-refractivity contribution in [1.29, 1.82) is 0 Å². The van der Waals surface area contributed by atoms with Gasteiger partial charge in [-0.2, -0.15) is 0 Å². The second-order valence-electron chi connectivity index (χ2n) is 5.28. The Morgan fingerprint density at radius 1 is 1.25 bits per heavy atom. The van der Waals surface area contributed by atoms with E-state index in [2.05, 4.69) is 19.2 Å². The predicted molar refractivity (Wildman–Crippen MR) is 68.7 cm³/mol. The molecule has 3 nitrogen and oxygen atoms in total. The summed E-state index contributed by atoms with van der Waals surface area (Å²) < 4.78 is 4.94. The van der Waals surface area contributed by atoms with Crippen molar-refractivity contribution in [3.05, 3.63) is 0 Å². The van der Waals surface area contributed by atoms with Gasteiger partial charge < -0.3 is 15.2 Å². The lowest BCUT2D eigenvalue weighted by Crippen LogP contribution is -2.31. The lowest BCUT2D eigenvalue weighted by Gasteiger charge is -2.23. The predicted octanol–water partition coefficient (Wildman–Crippen LogP) is 2.19. The Morgan fingerprint density at radius 3 is 2.50 bits per heavy atom. The first-order chi connectivity index (χ1) is 7.48. The minimum absolute atomic E-state index is 0.519. The van der Waals surface area contributed by atoms with Crippen molar-refractivity contribution in [2.45, 2.75) is 52.1 Å². The highest BCUT2D eigenvalue weighted by atomic mass is 16.5. The van der Waals surface area contributed by atoms with Crippen molar-refractivity contribution in [3.63, 3.8) is 0 Å². The van der Waals surface area contributed by atoms with Crippen molar-refractivity contribution < 1.29 is 9.84 Å². The molecule has 1 atom stereocenters. The first kappa shape index (κ1) is 15.9. The molecule has 0 rings (SSSR count). The van der Waals surface area contributed by atoms with Crippen molar-refractivity contribution in [3.8, 4) is 0 Å². The highest BCUT2D eigenvalue weighted by molar-refractivity contribution is 4.73. The summed E-state index contributed by atoms with van der Waals surface area (Å²) in [6, 6.07) is 0. The summed E-state index contributed by atoms with van der Waals surface area (Å²) >= 11 is 0. The molecule has 0 aliphatic heterocycles. The Balaban J connectivity index is 3.46. The molecule has 0 amide bonds. The number of ether oxygens (including phenoxy) is 1. The molecule has 98 valence electrons.